The number of anilines is 1. The molecule has 0 aliphatic carbocycles. The number of thiazole rings is 1. The Kier molecular flexibility index (Phi) is 5.28. The fraction of sp³-hybridized carbons (Fsp3) is 0.190. The van der Waals surface area contributed by atoms with Gasteiger partial charge in [0.15, 0.2) is 5.78 Å². The zero-order valence-electron chi connectivity index (χ0n) is 15.0. The summed E-state index contributed by atoms with van der Waals surface area (Å²) in [5.41, 5.74) is 4.33. The molecule has 0 radical (unpaired) electrons. The fourth-order valence-corrected chi connectivity index (χ4v) is 3.72. The van der Waals surface area contributed by atoms with E-state index < -0.39 is 0 Å². The highest BCUT2D eigenvalue weighted by atomic mass is 32.1. The van der Waals surface area contributed by atoms with Crippen LogP contribution < -0.4 is 5.32 Å². The Morgan fingerprint density at radius 2 is 1.85 bits per heavy atom. The molecular formula is C21H20N2O2S. The maximum absolute atomic E-state index is 12.4. The predicted octanol–water partition coefficient (Wildman–Crippen LogP) is 4.81. The number of nitrogens with zero attached hydrogens (tertiary/aromatic N) is 1. The van der Waals surface area contributed by atoms with Crippen LogP contribution in [0.2, 0.25) is 0 Å². The van der Waals surface area contributed by atoms with Crippen molar-refractivity contribution in [2.24, 2.45) is 0 Å². The van der Waals surface area contributed by atoms with Crippen molar-refractivity contribution in [1.82, 2.24) is 4.98 Å². The van der Waals surface area contributed by atoms with E-state index in [9.17, 15) is 9.59 Å². The summed E-state index contributed by atoms with van der Waals surface area (Å²) in [5.74, 6) is -0.143. The number of amides is 1. The fourth-order valence-electron chi connectivity index (χ4n) is 2.66. The highest BCUT2D eigenvalue weighted by Crippen LogP contribution is 2.29. The third kappa shape index (κ3) is 4.24. The van der Waals surface area contributed by atoms with Crippen molar-refractivity contribution in [3.8, 4) is 10.6 Å². The smallest absolute Gasteiger partial charge is 0.229 e. The van der Waals surface area contributed by atoms with Crippen LogP contribution in [0.1, 0.15) is 33.4 Å². The minimum atomic E-state index is -0.117. The summed E-state index contributed by atoms with van der Waals surface area (Å²) in [7, 11) is 0. The van der Waals surface area contributed by atoms with Crippen LogP contribution in [-0.4, -0.2) is 16.7 Å². The molecule has 3 rings (SSSR count). The monoisotopic (exact) mass is 364 g/mol. The first-order chi connectivity index (χ1) is 12.4. The van der Waals surface area contributed by atoms with Gasteiger partial charge in [0, 0.05) is 21.7 Å². The van der Waals surface area contributed by atoms with Gasteiger partial charge in [-0.1, -0.05) is 35.9 Å². The lowest BCUT2D eigenvalue weighted by Crippen LogP contribution is -2.14. The van der Waals surface area contributed by atoms with Crippen LogP contribution in [0, 0.1) is 13.8 Å². The van der Waals surface area contributed by atoms with Gasteiger partial charge >= 0.3 is 0 Å². The SMILES string of the molecule is CC(=O)c1cccc(NC(=O)Cc2sc(-c3cccc(C)c3)nc2C)c1. The number of nitrogens with one attached hydrogen (secondary N) is 1. The van der Waals surface area contributed by atoms with Gasteiger partial charge in [0.05, 0.1) is 12.1 Å². The van der Waals surface area contributed by atoms with Gasteiger partial charge in [0.2, 0.25) is 5.91 Å². The highest BCUT2D eigenvalue weighted by molar-refractivity contribution is 7.15. The summed E-state index contributed by atoms with van der Waals surface area (Å²) in [4.78, 5) is 29.4. The van der Waals surface area contributed by atoms with Crippen molar-refractivity contribution in [3.63, 3.8) is 0 Å². The molecule has 132 valence electrons. The van der Waals surface area contributed by atoms with E-state index in [0.29, 0.717) is 11.3 Å². The van der Waals surface area contributed by atoms with E-state index >= 15 is 0 Å². The number of carbonyl (C=O) groups is 2. The molecule has 0 spiro atoms. The van der Waals surface area contributed by atoms with Gasteiger partial charge in [-0.3, -0.25) is 9.59 Å². The van der Waals surface area contributed by atoms with Crippen LogP contribution in [0.3, 0.4) is 0 Å². The number of benzene rings is 2. The zero-order valence-corrected chi connectivity index (χ0v) is 15.8. The van der Waals surface area contributed by atoms with Gasteiger partial charge in [0.1, 0.15) is 5.01 Å². The number of aromatic nitrogens is 1. The van der Waals surface area contributed by atoms with E-state index in [1.54, 1.807) is 35.6 Å². The van der Waals surface area contributed by atoms with Gasteiger partial charge in [-0.15, -0.1) is 11.3 Å². The van der Waals surface area contributed by atoms with Crippen LogP contribution in [0.15, 0.2) is 48.5 Å². The molecule has 0 unspecified atom stereocenters. The van der Waals surface area contributed by atoms with Crippen LogP contribution in [-0.2, 0) is 11.2 Å². The molecule has 0 aliphatic rings. The molecule has 0 saturated heterocycles. The standard InChI is InChI=1S/C21H20N2O2S/c1-13-6-4-8-17(10-13)21-22-14(2)19(26-21)12-20(25)23-18-9-5-7-16(11-18)15(3)24/h4-11H,12H2,1-3H3,(H,23,25). The molecule has 0 atom stereocenters. The Morgan fingerprint density at radius 3 is 2.58 bits per heavy atom. The molecule has 5 heteroatoms. The Labute approximate surface area is 156 Å². The van der Waals surface area contributed by atoms with Crippen LogP contribution in [0.5, 0.6) is 0 Å². The maximum Gasteiger partial charge on any atom is 0.229 e. The second kappa shape index (κ2) is 7.62. The van der Waals surface area contributed by atoms with Crippen LogP contribution in [0.25, 0.3) is 10.6 Å². The minimum absolute atomic E-state index is 0.0257. The number of Topliss-reactive ketones (excluding diaryl/α,β-unsaturated/α-hetero) is 1. The van der Waals surface area contributed by atoms with Crippen molar-refractivity contribution < 1.29 is 9.59 Å². The first kappa shape index (κ1) is 18.0. The lowest BCUT2D eigenvalue weighted by Gasteiger charge is -2.06. The number of carbonyl (C=O) groups excluding carboxylic acids is 2. The lowest BCUT2D eigenvalue weighted by atomic mass is 10.1. The van der Waals surface area contributed by atoms with E-state index in [2.05, 4.69) is 16.4 Å². The second-order valence-corrected chi connectivity index (χ2v) is 7.34. The second-order valence-electron chi connectivity index (χ2n) is 6.26. The number of rotatable bonds is 5. The number of aryl methyl sites for hydroxylation is 2. The zero-order chi connectivity index (χ0) is 18.7. The topological polar surface area (TPSA) is 59.1 Å². The van der Waals surface area contributed by atoms with E-state index in [1.807, 2.05) is 32.0 Å². The van der Waals surface area contributed by atoms with Gasteiger partial charge in [-0.05, 0) is 39.0 Å². The number of hydrogen-bond acceptors (Lipinski definition) is 4. The van der Waals surface area contributed by atoms with Crippen molar-refractivity contribution in [2.45, 2.75) is 27.2 Å². The summed E-state index contributed by atoms with van der Waals surface area (Å²) in [6.07, 6.45) is 0.264. The first-order valence-corrected chi connectivity index (χ1v) is 9.18. The van der Waals surface area contributed by atoms with E-state index in [0.717, 1.165) is 21.1 Å². The first-order valence-electron chi connectivity index (χ1n) is 8.36. The Bertz CT molecular complexity index is 976. The number of ketones is 1. The average Bonchev–Trinajstić information content (AvgIpc) is 2.95. The molecule has 4 nitrogen and oxygen atoms in total. The molecule has 0 bridgehead atoms. The van der Waals surface area contributed by atoms with Crippen LogP contribution in [0.4, 0.5) is 5.69 Å². The normalized spacial score (nSPS) is 10.6. The predicted molar refractivity (Wildman–Crippen MR) is 106 cm³/mol. The summed E-state index contributed by atoms with van der Waals surface area (Å²) in [6.45, 7) is 5.48. The Balaban J connectivity index is 1.74. The maximum atomic E-state index is 12.4. The van der Waals surface area contributed by atoms with Crippen molar-refractivity contribution in [1.29, 1.82) is 0 Å². The van der Waals surface area contributed by atoms with E-state index in [-0.39, 0.29) is 18.1 Å². The molecule has 26 heavy (non-hydrogen) atoms. The number of hydrogen-bond donors (Lipinski definition) is 1. The van der Waals surface area contributed by atoms with Gasteiger partial charge in [-0.2, -0.15) is 0 Å². The molecule has 0 aliphatic heterocycles. The van der Waals surface area contributed by atoms with Gasteiger partial charge in [0.25, 0.3) is 0 Å². The molecular weight excluding hydrogens is 344 g/mol. The molecule has 1 N–H and O–H groups in total. The van der Waals surface area contributed by atoms with Crippen molar-refractivity contribution >= 4 is 28.7 Å². The Morgan fingerprint density at radius 1 is 1.08 bits per heavy atom. The summed E-state index contributed by atoms with van der Waals surface area (Å²) >= 11 is 1.54. The lowest BCUT2D eigenvalue weighted by molar-refractivity contribution is -0.115. The summed E-state index contributed by atoms with van der Waals surface area (Å²) in [5, 5.41) is 3.78. The Hall–Kier alpha value is -2.79. The van der Waals surface area contributed by atoms with Crippen molar-refractivity contribution in [3.05, 3.63) is 70.2 Å². The molecule has 0 fully saturated rings. The third-order valence-corrected chi connectivity index (χ3v) is 5.24. The summed E-state index contributed by atoms with van der Waals surface area (Å²) < 4.78 is 0. The quantitative estimate of drug-likeness (QED) is 0.661. The van der Waals surface area contributed by atoms with Gasteiger partial charge in [-0.25, -0.2) is 4.98 Å². The van der Waals surface area contributed by atoms with Crippen LogP contribution >= 0.6 is 11.3 Å². The molecule has 2 aromatic carbocycles. The molecule has 0 saturated carbocycles. The molecule has 1 heterocycles. The highest BCUT2D eigenvalue weighted by Gasteiger charge is 2.13. The molecule has 3 aromatic rings. The minimum Gasteiger partial charge on any atom is -0.326 e. The molecule has 1 amide bonds. The third-order valence-electron chi connectivity index (χ3n) is 4.03. The average molecular weight is 364 g/mol. The van der Waals surface area contributed by atoms with E-state index in [4.69, 9.17) is 0 Å². The van der Waals surface area contributed by atoms with Crippen molar-refractivity contribution in [2.75, 3.05) is 5.32 Å². The summed E-state index contributed by atoms with van der Waals surface area (Å²) in [6, 6.07) is 15.2. The largest absolute Gasteiger partial charge is 0.326 e. The molecule has 1 aromatic heterocycles. The van der Waals surface area contributed by atoms with E-state index in [1.165, 1.54) is 12.5 Å². The van der Waals surface area contributed by atoms with Gasteiger partial charge < -0.3 is 5.32 Å².